The summed E-state index contributed by atoms with van der Waals surface area (Å²) >= 11 is 11.9. The first-order valence-corrected chi connectivity index (χ1v) is 8.80. The third-order valence-corrected chi connectivity index (χ3v) is 4.71. The summed E-state index contributed by atoms with van der Waals surface area (Å²) in [6.45, 7) is 4.79. The van der Waals surface area contributed by atoms with Crippen LogP contribution in [0, 0.1) is 5.41 Å². The van der Waals surface area contributed by atoms with Crippen LogP contribution in [0.2, 0.25) is 10.0 Å². The number of rotatable bonds is 7. The zero-order chi connectivity index (χ0) is 17.6. The van der Waals surface area contributed by atoms with Crippen molar-refractivity contribution in [2.75, 3.05) is 33.4 Å². The number of carbonyl (C=O) groups is 1. The smallest absolute Gasteiger partial charge is 0.260 e. The van der Waals surface area contributed by atoms with Crippen molar-refractivity contribution in [3.63, 3.8) is 0 Å². The summed E-state index contributed by atoms with van der Waals surface area (Å²) in [6, 6.07) is 4.89. The van der Waals surface area contributed by atoms with Crippen molar-refractivity contribution in [3.8, 4) is 5.75 Å². The van der Waals surface area contributed by atoms with Gasteiger partial charge in [0.15, 0.2) is 6.10 Å². The van der Waals surface area contributed by atoms with E-state index < -0.39 is 6.10 Å². The lowest BCUT2D eigenvalue weighted by Crippen LogP contribution is -2.49. The van der Waals surface area contributed by atoms with Crippen LogP contribution in [-0.2, 0) is 9.53 Å². The van der Waals surface area contributed by atoms with Crippen LogP contribution in [0.1, 0.15) is 19.8 Å². The Morgan fingerprint density at radius 1 is 1.29 bits per heavy atom. The highest BCUT2D eigenvalue weighted by molar-refractivity contribution is 6.34. The molecule has 0 bridgehead atoms. The highest BCUT2D eigenvalue weighted by atomic mass is 35.5. The van der Waals surface area contributed by atoms with Gasteiger partial charge in [-0.05, 0) is 51.1 Å². The summed E-state index contributed by atoms with van der Waals surface area (Å²) in [5.41, 5.74) is -0.0191. The van der Waals surface area contributed by atoms with Crippen molar-refractivity contribution in [3.05, 3.63) is 28.2 Å². The summed E-state index contributed by atoms with van der Waals surface area (Å²) in [7, 11) is 1.69. The summed E-state index contributed by atoms with van der Waals surface area (Å²) < 4.78 is 11.0. The molecule has 0 aliphatic carbocycles. The second-order valence-electron chi connectivity index (χ2n) is 6.27. The Bertz CT molecular complexity index is 537. The molecule has 5 nitrogen and oxygen atoms in total. The molecule has 24 heavy (non-hydrogen) atoms. The molecule has 1 saturated heterocycles. The van der Waals surface area contributed by atoms with Gasteiger partial charge in [-0.3, -0.25) is 4.79 Å². The topological polar surface area (TPSA) is 59.6 Å². The fourth-order valence-electron chi connectivity index (χ4n) is 2.91. The van der Waals surface area contributed by atoms with Crippen LogP contribution >= 0.6 is 23.2 Å². The van der Waals surface area contributed by atoms with Gasteiger partial charge in [0.2, 0.25) is 0 Å². The van der Waals surface area contributed by atoms with Gasteiger partial charge in [0.1, 0.15) is 5.75 Å². The van der Waals surface area contributed by atoms with Gasteiger partial charge in [-0.2, -0.15) is 0 Å². The lowest BCUT2D eigenvalue weighted by atomic mass is 9.79. The molecule has 7 heteroatoms. The van der Waals surface area contributed by atoms with E-state index in [0.29, 0.717) is 28.9 Å². The van der Waals surface area contributed by atoms with Gasteiger partial charge >= 0.3 is 0 Å². The molecule has 134 valence electrons. The second-order valence-corrected chi connectivity index (χ2v) is 7.14. The number of halogens is 2. The second kappa shape index (κ2) is 8.90. The Labute approximate surface area is 153 Å². The number of hydrogen-bond acceptors (Lipinski definition) is 4. The number of hydrogen-bond donors (Lipinski definition) is 2. The summed E-state index contributed by atoms with van der Waals surface area (Å²) in [5.74, 6) is 0.309. The summed E-state index contributed by atoms with van der Waals surface area (Å²) in [5, 5.41) is 7.27. The minimum atomic E-state index is -0.638. The monoisotopic (exact) mass is 374 g/mol. The fourth-order valence-corrected chi connectivity index (χ4v) is 3.41. The molecule has 0 spiro atoms. The molecule has 2 N–H and O–H groups in total. The molecule has 1 aromatic carbocycles. The maximum Gasteiger partial charge on any atom is 0.260 e. The van der Waals surface area contributed by atoms with Crippen LogP contribution in [0.15, 0.2) is 18.2 Å². The normalized spacial score (nSPS) is 18.0. The number of benzene rings is 1. The lowest BCUT2D eigenvalue weighted by Gasteiger charge is -2.37. The number of nitrogens with one attached hydrogen (secondary N) is 2. The Balaban J connectivity index is 1.90. The van der Waals surface area contributed by atoms with E-state index in [0.717, 1.165) is 25.9 Å². The minimum Gasteiger partial charge on any atom is -0.481 e. The van der Waals surface area contributed by atoms with Crippen molar-refractivity contribution >= 4 is 29.1 Å². The average Bonchev–Trinajstić information content (AvgIpc) is 2.53. The van der Waals surface area contributed by atoms with E-state index >= 15 is 0 Å². The van der Waals surface area contributed by atoms with Crippen LogP contribution in [0.4, 0.5) is 0 Å². The minimum absolute atomic E-state index is 0.0191. The molecule has 2 rings (SSSR count). The first kappa shape index (κ1) is 19.3. The van der Waals surface area contributed by atoms with E-state index in [1.807, 2.05) is 0 Å². The van der Waals surface area contributed by atoms with E-state index in [4.69, 9.17) is 32.7 Å². The maximum atomic E-state index is 12.3. The summed E-state index contributed by atoms with van der Waals surface area (Å²) in [6.07, 6.45) is 1.31. The van der Waals surface area contributed by atoms with Crippen LogP contribution in [0.3, 0.4) is 0 Å². The van der Waals surface area contributed by atoms with Crippen LogP contribution in [0.25, 0.3) is 0 Å². The molecular weight excluding hydrogens is 351 g/mol. The quantitative estimate of drug-likeness (QED) is 0.770. The van der Waals surface area contributed by atoms with E-state index in [-0.39, 0.29) is 11.3 Å². The molecule has 1 aliphatic heterocycles. The van der Waals surface area contributed by atoms with Crippen molar-refractivity contribution < 1.29 is 14.3 Å². The molecule has 1 unspecified atom stereocenters. The van der Waals surface area contributed by atoms with Gasteiger partial charge in [0.25, 0.3) is 5.91 Å². The Kier molecular flexibility index (Phi) is 7.16. The highest BCUT2D eigenvalue weighted by Gasteiger charge is 2.33. The van der Waals surface area contributed by atoms with Gasteiger partial charge in [-0.15, -0.1) is 0 Å². The molecule has 0 saturated carbocycles. The molecule has 1 atom stereocenters. The SMILES string of the molecule is COCC1(CNC(=O)C(C)Oc2cc(Cl)cc(Cl)c2)CCNCC1. The largest absolute Gasteiger partial charge is 0.481 e. The lowest BCUT2D eigenvalue weighted by molar-refractivity contribution is -0.128. The van der Waals surface area contributed by atoms with E-state index in [1.165, 1.54) is 0 Å². The molecule has 0 radical (unpaired) electrons. The first-order valence-electron chi connectivity index (χ1n) is 8.04. The maximum absolute atomic E-state index is 12.3. The number of ether oxygens (including phenoxy) is 2. The highest BCUT2D eigenvalue weighted by Crippen LogP contribution is 2.28. The molecular formula is C17H24Cl2N2O3. The molecule has 1 aliphatic rings. The Morgan fingerprint density at radius 2 is 1.92 bits per heavy atom. The Hall–Kier alpha value is -1.01. The van der Waals surface area contributed by atoms with E-state index in [9.17, 15) is 4.79 Å². The van der Waals surface area contributed by atoms with Crippen LogP contribution in [-0.4, -0.2) is 45.4 Å². The van der Waals surface area contributed by atoms with Crippen molar-refractivity contribution in [1.29, 1.82) is 0 Å². The number of piperidine rings is 1. The van der Waals surface area contributed by atoms with Crippen molar-refractivity contribution in [2.45, 2.75) is 25.9 Å². The van der Waals surface area contributed by atoms with Gasteiger partial charge in [0.05, 0.1) is 6.61 Å². The van der Waals surface area contributed by atoms with E-state index in [1.54, 1.807) is 32.2 Å². The molecule has 1 heterocycles. The van der Waals surface area contributed by atoms with Crippen LogP contribution in [0.5, 0.6) is 5.75 Å². The molecule has 1 aromatic rings. The zero-order valence-electron chi connectivity index (χ0n) is 14.0. The number of amides is 1. The number of methoxy groups -OCH3 is 1. The molecule has 1 fully saturated rings. The predicted octanol–water partition coefficient (Wildman–Crippen LogP) is 2.89. The third kappa shape index (κ3) is 5.52. The molecule has 0 aromatic heterocycles. The zero-order valence-corrected chi connectivity index (χ0v) is 15.5. The predicted molar refractivity (Wildman–Crippen MR) is 96.0 cm³/mol. The van der Waals surface area contributed by atoms with Crippen molar-refractivity contribution in [2.24, 2.45) is 5.41 Å². The Morgan fingerprint density at radius 3 is 2.50 bits per heavy atom. The van der Waals surface area contributed by atoms with Gasteiger partial charge in [0, 0.05) is 29.1 Å². The summed E-state index contributed by atoms with van der Waals surface area (Å²) in [4.78, 5) is 12.3. The fraction of sp³-hybridized carbons (Fsp3) is 0.588. The standard InChI is InChI=1S/C17H24Cl2N2O3/c1-12(24-15-8-13(18)7-14(19)9-15)16(22)21-10-17(11-23-2)3-5-20-6-4-17/h7-9,12,20H,3-6,10-11H2,1-2H3,(H,21,22). The first-order chi connectivity index (χ1) is 11.4. The van der Waals surface area contributed by atoms with Crippen molar-refractivity contribution in [1.82, 2.24) is 10.6 Å². The number of carbonyl (C=O) groups excluding carboxylic acids is 1. The van der Waals surface area contributed by atoms with E-state index in [2.05, 4.69) is 10.6 Å². The third-order valence-electron chi connectivity index (χ3n) is 4.27. The van der Waals surface area contributed by atoms with Crippen LogP contribution < -0.4 is 15.4 Å². The van der Waals surface area contributed by atoms with Gasteiger partial charge in [-0.1, -0.05) is 23.2 Å². The van der Waals surface area contributed by atoms with Gasteiger partial charge < -0.3 is 20.1 Å². The average molecular weight is 375 g/mol. The van der Waals surface area contributed by atoms with Gasteiger partial charge in [-0.25, -0.2) is 0 Å². The molecule has 1 amide bonds.